The van der Waals surface area contributed by atoms with E-state index in [9.17, 15) is 14.4 Å². The zero-order chi connectivity index (χ0) is 39.6. The van der Waals surface area contributed by atoms with Crippen molar-refractivity contribution in [2.75, 3.05) is 40.5 Å². The van der Waals surface area contributed by atoms with Crippen LogP contribution in [0.3, 0.4) is 0 Å². The number of nitrogens with one attached hydrogen (secondary N) is 1. The predicted molar refractivity (Wildman–Crippen MR) is 227 cm³/mol. The molecule has 1 amide bonds. The largest absolute Gasteiger partial charge is 0.463 e. The van der Waals surface area contributed by atoms with E-state index < -0.39 is 12.1 Å². The van der Waals surface area contributed by atoms with E-state index in [1.54, 1.807) is 0 Å². The van der Waals surface area contributed by atoms with Crippen molar-refractivity contribution in [2.24, 2.45) is 0 Å². The Hall–Kier alpha value is -2.35. The topological polar surface area (TPSA) is 94.2 Å². The molecule has 0 rings (SSSR count). The van der Waals surface area contributed by atoms with Crippen molar-refractivity contribution >= 4 is 18.0 Å². The normalized spacial score (nSPS) is 12.2. The zero-order valence-electron chi connectivity index (χ0n) is 35.8. The number of rotatable bonds is 40. The van der Waals surface area contributed by atoms with Gasteiger partial charge in [-0.25, -0.2) is 4.79 Å². The van der Waals surface area contributed by atoms with Gasteiger partial charge < -0.3 is 24.4 Å². The van der Waals surface area contributed by atoms with Crippen LogP contribution < -0.4 is 5.32 Å². The molecule has 0 radical (unpaired) electrons. The number of carbonyl (C=O) groups is 3. The highest BCUT2D eigenvalue weighted by Crippen LogP contribution is 2.12. The van der Waals surface area contributed by atoms with E-state index in [-0.39, 0.29) is 25.2 Å². The Bertz CT molecular complexity index is 850. The lowest BCUT2D eigenvalue weighted by Crippen LogP contribution is -2.43. The number of nitrogens with zero attached hydrogens (tertiary/aromatic N) is 1. The van der Waals surface area contributed by atoms with Crippen LogP contribution in [0.4, 0.5) is 4.79 Å². The highest BCUT2D eigenvalue weighted by molar-refractivity contribution is 5.70. The highest BCUT2D eigenvalue weighted by Gasteiger charge is 2.18. The van der Waals surface area contributed by atoms with Crippen LogP contribution in [-0.2, 0) is 23.8 Å². The molecule has 0 aromatic rings. The lowest BCUT2D eigenvalue weighted by molar-refractivity contribution is -0.147. The van der Waals surface area contributed by atoms with Crippen molar-refractivity contribution in [1.29, 1.82) is 0 Å². The van der Waals surface area contributed by atoms with Crippen molar-refractivity contribution in [2.45, 2.75) is 213 Å². The zero-order valence-corrected chi connectivity index (χ0v) is 35.8. The number of esters is 2. The van der Waals surface area contributed by atoms with Crippen LogP contribution in [0.5, 0.6) is 0 Å². The van der Waals surface area contributed by atoms with Crippen LogP contribution in [-0.4, -0.2) is 69.4 Å². The average molecular weight is 763 g/mol. The molecule has 0 spiro atoms. The summed E-state index contributed by atoms with van der Waals surface area (Å²) >= 11 is 0. The van der Waals surface area contributed by atoms with Crippen molar-refractivity contribution in [3.05, 3.63) is 24.3 Å². The maximum atomic E-state index is 12.5. The van der Waals surface area contributed by atoms with Crippen LogP contribution in [0.1, 0.15) is 206 Å². The van der Waals surface area contributed by atoms with Gasteiger partial charge in [0.25, 0.3) is 0 Å². The van der Waals surface area contributed by atoms with E-state index in [2.05, 4.69) is 48.4 Å². The number of allylic oxidation sites excluding steroid dienone is 4. The molecule has 0 saturated carbocycles. The number of hydrogen-bond acceptors (Lipinski definition) is 7. The number of ether oxygens (including phenoxy) is 3. The summed E-state index contributed by atoms with van der Waals surface area (Å²) in [6, 6.07) is -0.657. The monoisotopic (exact) mass is 763 g/mol. The molecule has 0 fully saturated rings. The summed E-state index contributed by atoms with van der Waals surface area (Å²) in [7, 11) is 4.02. The molecule has 0 bridgehead atoms. The quantitative estimate of drug-likeness (QED) is 0.0287. The summed E-state index contributed by atoms with van der Waals surface area (Å²) in [5.74, 6) is -0.591. The van der Waals surface area contributed by atoms with E-state index in [4.69, 9.17) is 14.2 Å². The van der Waals surface area contributed by atoms with Gasteiger partial charge >= 0.3 is 18.0 Å². The molecular weight excluding hydrogens is 677 g/mol. The van der Waals surface area contributed by atoms with Crippen molar-refractivity contribution < 1.29 is 28.6 Å². The Labute approximate surface area is 333 Å². The molecule has 8 nitrogen and oxygen atoms in total. The molecule has 0 aliphatic carbocycles. The second-order valence-electron chi connectivity index (χ2n) is 15.5. The molecule has 54 heavy (non-hydrogen) atoms. The van der Waals surface area contributed by atoms with Gasteiger partial charge in [0.05, 0.1) is 6.61 Å². The third kappa shape index (κ3) is 40.8. The number of alkyl carbamates (subject to hydrolysis) is 1. The second kappa shape index (κ2) is 41.8. The molecule has 8 heteroatoms. The highest BCUT2D eigenvalue weighted by atomic mass is 16.6. The third-order valence-electron chi connectivity index (χ3n) is 9.73. The molecular formula is C46H86N2O6. The van der Waals surface area contributed by atoms with Crippen LogP contribution in [0, 0.1) is 0 Å². The molecule has 316 valence electrons. The number of amides is 1. The Kier molecular flexibility index (Phi) is 40.0. The van der Waals surface area contributed by atoms with Gasteiger partial charge in [0.15, 0.2) is 0 Å². The summed E-state index contributed by atoms with van der Waals surface area (Å²) in [5, 5.41) is 2.73. The SMILES string of the molecule is CCCCCCCCC=CCCCCCCCC(=O)OCC(COC(=O)CCCCCCCC=CCCCCCCCC)NC(=O)OCCCCN(C)C. The molecule has 0 atom stereocenters. The minimum atomic E-state index is -0.657. The molecule has 1 N–H and O–H groups in total. The van der Waals surface area contributed by atoms with Gasteiger partial charge in [-0.2, -0.15) is 0 Å². The minimum absolute atomic E-state index is 0.0552. The van der Waals surface area contributed by atoms with Gasteiger partial charge in [0.1, 0.15) is 19.3 Å². The van der Waals surface area contributed by atoms with E-state index in [0.29, 0.717) is 19.4 Å². The smallest absolute Gasteiger partial charge is 0.407 e. The van der Waals surface area contributed by atoms with Crippen molar-refractivity contribution in [3.8, 4) is 0 Å². The maximum absolute atomic E-state index is 12.5. The molecule has 0 aliphatic heterocycles. The summed E-state index contributed by atoms with van der Waals surface area (Å²) < 4.78 is 16.3. The molecule has 0 unspecified atom stereocenters. The maximum Gasteiger partial charge on any atom is 0.407 e. The predicted octanol–water partition coefficient (Wildman–Crippen LogP) is 12.6. The number of unbranched alkanes of at least 4 members (excludes halogenated alkanes) is 23. The number of carbonyl (C=O) groups excluding carboxylic acids is 3. The Balaban J connectivity index is 4.24. The average Bonchev–Trinajstić information content (AvgIpc) is 3.15. The summed E-state index contributed by atoms with van der Waals surface area (Å²) in [6.07, 6.45) is 42.4. The van der Waals surface area contributed by atoms with Crippen LogP contribution in [0.25, 0.3) is 0 Å². The van der Waals surface area contributed by atoms with Gasteiger partial charge in [0, 0.05) is 12.8 Å². The molecule has 0 aromatic heterocycles. The van der Waals surface area contributed by atoms with E-state index >= 15 is 0 Å². The summed E-state index contributed by atoms with van der Waals surface area (Å²) in [5.41, 5.74) is 0. The fourth-order valence-electron chi connectivity index (χ4n) is 6.25. The van der Waals surface area contributed by atoms with Gasteiger partial charge in [-0.15, -0.1) is 0 Å². The summed E-state index contributed by atoms with van der Waals surface area (Å²) in [4.78, 5) is 39.5. The van der Waals surface area contributed by atoms with Crippen LogP contribution in [0.15, 0.2) is 24.3 Å². The van der Waals surface area contributed by atoms with Gasteiger partial charge in [-0.05, 0) is 97.7 Å². The lowest BCUT2D eigenvalue weighted by Gasteiger charge is -2.19. The molecule has 0 aromatic carbocycles. The molecule has 0 heterocycles. The van der Waals surface area contributed by atoms with Crippen molar-refractivity contribution in [1.82, 2.24) is 10.2 Å². The van der Waals surface area contributed by atoms with E-state index in [1.807, 2.05) is 14.1 Å². The minimum Gasteiger partial charge on any atom is -0.463 e. The first-order valence-corrected chi connectivity index (χ1v) is 22.6. The Morgan fingerprint density at radius 3 is 1.24 bits per heavy atom. The fourth-order valence-corrected chi connectivity index (χ4v) is 6.25. The first-order valence-electron chi connectivity index (χ1n) is 22.6. The lowest BCUT2D eigenvalue weighted by atomic mass is 10.1. The molecule has 0 saturated heterocycles. The van der Waals surface area contributed by atoms with Crippen LogP contribution in [0.2, 0.25) is 0 Å². The van der Waals surface area contributed by atoms with Gasteiger partial charge in [0.2, 0.25) is 0 Å². The third-order valence-corrected chi connectivity index (χ3v) is 9.73. The van der Waals surface area contributed by atoms with Gasteiger partial charge in [-0.3, -0.25) is 9.59 Å². The van der Waals surface area contributed by atoms with E-state index in [0.717, 1.165) is 70.8 Å². The standard InChI is InChI=1S/C46H86N2O6/c1-5-7-9-11-13-15-17-19-21-23-25-27-29-31-33-37-44(49)53-41-43(47-46(51)52-40-36-35-39-48(3)4)42-54-45(50)38-34-32-30-28-26-24-22-20-18-16-14-12-10-8-6-2/h19-22,43H,5-18,23-42H2,1-4H3,(H,47,51). The Morgan fingerprint density at radius 1 is 0.481 bits per heavy atom. The van der Waals surface area contributed by atoms with E-state index in [1.165, 1.54) is 116 Å². The first kappa shape index (κ1) is 51.6. The number of hydrogen-bond donors (Lipinski definition) is 1. The van der Waals surface area contributed by atoms with Crippen molar-refractivity contribution in [3.63, 3.8) is 0 Å². The molecule has 0 aliphatic rings. The second-order valence-corrected chi connectivity index (χ2v) is 15.5. The van der Waals surface area contributed by atoms with Gasteiger partial charge in [-0.1, -0.05) is 141 Å². The fraction of sp³-hybridized carbons (Fsp3) is 0.848. The Morgan fingerprint density at radius 2 is 0.852 bits per heavy atom. The van der Waals surface area contributed by atoms with Crippen LogP contribution >= 0.6 is 0 Å². The summed E-state index contributed by atoms with van der Waals surface area (Å²) in [6.45, 7) is 5.63. The first-order chi connectivity index (χ1) is 26.4.